The molecule has 0 radical (unpaired) electrons. The normalized spacial score (nSPS) is 12.6. The first-order chi connectivity index (χ1) is 13.8. The van der Waals surface area contributed by atoms with E-state index in [4.69, 9.17) is 9.47 Å². The Morgan fingerprint density at radius 1 is 1.03 bits per heavy atom. The number of rotatable bonds is 7. The first-order valence-electron chi connectivity index (χ1n) is 9.12. The molecule has 2 aromatic carbocycles. The fourth-order valence-corrected chi connectivity index (χ4v) is 4.55. The van der Waals surface area contributed by atoms with Crippen molar-refractivity contribution in [3.8, 4) is 17.2 Å². The number of aryl methyl sites for hydroxylation is 1. The van der Waals surface area contributed by atoms with Gasteiger partial charge >= 0.3 is 0 Å². The number of sulfonamides is 1. The molecule has 3 rings (SSSR count). The van der Waals surface area contributed by atoms with Gasteiger partial charge in [0.25, 0.3) is 0 Å². The molecule has 0 spiro atoms. The lowest BCUT2D eigenvalue weighted by atomic mass is 10.1. The van der Waals surface area contributed by atoms with Crippen LogP contribution in [0, 0.1) is 13.8 Å². The fourth-order valence-electron chi connectivity index (χ4n) is 3.15. The van der Waals surface area contributed by atoms with Crippen LogP contribution in [0.15, 0.2) is 53.6 Å². The quantitative estimate of drug-likeness (QED) is 0.638. The topological polar surface area (TPSA) is 82.4 Å². The summed E-state index contributed by atoms with van der Waals surface area (Å²) < 4.78 is 40.9. The second-order valence-electron chi connectivity index (χ2n) is 6.79. The number of hydrogen-bond acceptors (Lipinski definition) is 5. The van der Waals surface area contributed by atoms with Crippen LogP contribution in [-0.4, -0.2) is 32.4 Å². The lowest BCUT2D eigenvalue weighted by Crippen LogP contribution is -2.27. The molecule has 1 heterocycles. The maximum Gasteiger partial charge on any atom is 0.244 e. The third-order valence-electron chi connectivity index (χ3n) is 4.79. The molecule has 1 unspecified atom stereocenters. The summed E-state index contributed by atoms with van der Waals surface area (Å²) in [6, 6.07) is 12.2. The van der Waals surface area contributed by atoms with E-state index in [9.17, 15) is 8.42 Å². The molecular weight excluding hydrogens is 390 g/mol. The van der Waals surface area contributed by atoms with Gasteiger partial charge in [-0.15, -0.1) is 0 Å². The smallest absolute Gasteiger partial charge is 0.244 e. The molecule has 0 amide bonds. The van der Waals surface area contributed by atoms with E-state index in [0.717, 1.165) is 22.5 Å². The predicted octanol–water partition coefficient (Wildman–Crippen LogP) is 3.55. The van der Waals surface area contributed by atoms with Crippen molar-refractivity contribution in [3.63, 3.8) is 0 Å². The van der Waals surface area contributed by atoms with Crippen LogP contribution in [0.25, 0.3) is 5.69 Å². The van der Waals surface area contributed by atoms with Crippen LogP contribution >= 0.6 is 0 Å². The Balaban J connectivity index is 1.90. The van der Waals surface area contributed by atoms with Crippen LogP contribution in [0.2, 0.25) is 0 Å². The van der Waals surface area contributed by atoms with Gasteiger partial charge in [0.15, 0.2) is 0 Å². The Bertz CT molecular complexity index is 1110. The van der Waals surface area contributed by atoms with Crippen molar-refractivity contribution < 1.29 is 17.9 Å². The minimum Gasteiger partial charge on any atom is -0.497 e. The molecule has 0 fully saturated rings. The Morgan fingerprint density at radius 3 is 2.34 bits per heavy atom. The molecule has 0 saturated heterocycles. The first kappa shape index (κ1) is 20.9. The zero-order chi connectivity index (χ0) is 21.2. The molecule has 29 heavy (non-hydrogen) atoms. The van der Waals surface area contributed by atoms with Gasteiger partial charge in [0.2, 0.25) is 10.0 Å². The molecule has 0 saturated carbocycles. The number of aromatic nitrogens is 2. The van der Waals surface area contributed by atoms with Crippen LogP contribution in [0.3, 0.4) is 0 Å². The third-order valence-corrected chi connectivity index (χ3v) is 6.35. The Hall–Kier alpha value is -2.84. The van der Waals surface area contributed by atoms with E-state index in [1.54, 1.807) is 29.9 Å². The molecular formula is C21H25N3O4S. The highest BCUT2D eigenvalue weighted by Crippen LogP contribution is 2.30. The average Bonchev–Trinajstić information content (AvgIpc) is 3.09. The van der Waals surface area contributed by atoms with Gasteiger partial charge < -0.3 is 9.47 Å². The zero-order valence-electron chi connectivity index (χ0n) is 17.1. The van der Waals surface area contributed by atoms with Gasteiger partial charge in [0, 0.05) is 23.4 Å². The van der Waals surface area contributed by atoms with Crippen LogP contribution in [-0.2, 0) is 10.0 Å². The summed E-state index contributed by atoms with van der Waals surface area (Å²) in [5, 5.41) is 4.44. The molecule has 1 atom stereocenters. The average molecular weight is 416 g/mol. The molecule has 7 nitrogen and oxygen atoms in total. The maximum absolute atomic E-state index is 13.0. The highest BCUT2D eigenvalue weighted by molar-refractivity contribution is 7.89. The predicted molar refractivity (Wildman–Crippen MR) is 111 cm³/mol. The van der Waals surface area contributed by atoms with E-state index in [-0.39, 0.29) is 10.6 Å². The van der Waals surface area contributed by atoms with E-state index >= 15 is 0 Å². The zero-order valence-corrected chi connectivity index (χ0v) is 17.9. The first-order valence-corrected chi connectivity index (χ1v) is 10.6. The molecule has 0 aliphatic heterocycles. The summed E-state index contributed by atoms with van der Waals surface area (Å²) in [6.45, 7) is 5.72. The number of benzene rings is 2. The van der Waals surface area contributed by atoms with E-state index in [1.165, 1.54) is 20.3 Å². The second kappa shape index (κ2) is 8.26. The van der Waals surface area contributed by atoms with Crippen LogP contribution in [0.5, 0.6) is 11.5 Å². The van der Waals surface area contributed by atoms with Crippen LogP contribution < -0.4 is 14.2 Å². The SMILES string of the molecule is COc1ccc(OC)c(S(=O)(=O)NC(C)c2cnn(-c3ccc(C)cc3)c2C)c1. The molecule has 154 valence electrons. The molecule has 0 aliphatic carbocycles. The summed E-state index contributed by atoms with van der Waals surface area (Å²) in [4.78, 5) is 0.0229. The molecule has 0 aliphatic rings. The van der Waals surface area contributed by atoms with Gasteiger partial charge in [-0.25, -0.2) is 17.8 Å². The number of ether oxygens (including phenoxy) is 2. The highest BCUT2D eigenvalue weighted by atomic mass is 32.2. The molecule has 8 heteroatoms. The van der Waals surface area contributed by atoms with Crippen LogP contribution in [0.1, 0.15) is 29.8 Å². The van der Waals surface area contributed by atoms with Crippen molar-refractivity contribution in [1.82, 2.24) is 14.5 Å². The molecule has 0 bridgehead atoms. The molecule has 3 aromatic rings. The van der Waals surface area contributed by atoms with Gasteiger partial charge in [-0.1, -0.05) is 17.7 Å². The fraction of sp³-hybridized carbons (Fsp3) is 0.286. The van der Waals surface area contributed by atoms with E-state index < -0.39 is 16.1 Å². The van der Waals surface area contributed by atoms with Gasteiger partial charge in [0.1, 0.15) is 16.4 Å². The van der Waals surface area contributed by atoms with E-state index in [1.807, 2.05) is 38.1 Å². The van der Waals surface area contributed by atoms with E-state index in [0.29, 0.717) is 5.75 Å². The number of methoxy groups -OCH3 is 2. The van der Waals surface area contributed by atoms with Gasteiger partial charge in [-0.3, -0.25) is 0 Å². The molecule has 1 N–H and O–H groups in total. The van der Waals surface area contributed by atoms with Gasteiger partial charge in [-0.05, 0) is 45.0 Å². The minimum atomic E-state index is -3.85. The van der Waals surface area contributed by atoms with Crippen molar-refractivity contribution in [2.45, 2.75) is 31.7 Å². The Kier molecular flexibility index (Phi) is 5.95. The van der Waals surface area contributed by atoms with Gasteiger partial charge in [-0.2, -0.15) is 5.10 Å². The van der Waals surface area contributed by atoms with Crippen molar-refractivity contribution in [2.75, 3.05) is 14.2 Å². The minimum absolute atomic E-state index is 0.0229. The summed E-state index contributed by atoms with van der Waals surface area (Å²) in [5.74, 6) is 0.680. The highest BCUT2D eigenvalue weighted by Gasteiger charge is 2.25. The summed E-state index contributed by atoms with van der Waals surface area (Å²) in [6.07, 6.45) is 1.69. The third kappa shape index (κ3) is 4.28. The Morgan fingerprint density at radius 2 is 1.72 bits per heavy atom. The van der Waals surface area contributed by atoms with Crippen molar-refractivity contribution in [3.05, 3.63) is 65.5 Å². The van der Waals surface area contributed by atoms with Gasteiger partial charge in [0.05, 0.1) is 26.1 Å². The van der Waals surface area contributed by atoms with Crippen LogP contribution in [0.4, 0.5) is 0 Å². The monoisotopic (exact) mass is 415 g/mol. The van der Waals surface area contributed by atoms with Crippen molar-refractivity contribution in [2.24, 2.45) is 0 Å². The number of hydrogen-bond donors (Lipinski definition) is 1. The summed E-state index contributed by atoms with van der Waals surface area (Å²) in [7, 11) is -0.939. The Labute approximate surface area is 171 Å². The number of nitrogens with one attached hydrogen (secondary N) is 1. The number of nitrogens with zero attached hydrogens (tertiary/aromatic N) is 2. The lowest BCUT2D eigenvalue weighted by molar-refractivity contribution is 0.391. The van der Waals surface area contributed by atoms with Crippen molar-refractivity contribution >= 4 is 10.0 Å². The molecule has 1 aromatic heterocycles. The summed E-state index contributed by atoms with van der Waals surface area (Å²) in [5.41, 5.74) is 3.73. The maximum atomic E-state index is 13.0. The summed E-state index contributed by atoms with van der Waals surface area (Å²) >= 11 is 0. The van der Waals surface area contributed by atoms with Crippen molar-refractivity contribution in [1.29, 1.82) is 0 Å². The lowest BCUT2D eigenvalue weighted by Gasteiger charge is -2.17. The van der Waals surface area contributed by atoms with E-state index in [2.05, 4.69) is 9.82 Å². The standard InChI is InChI=1S/C21H25N3O4S/c1-14-6-8-17(9-7-14)24-16(3)19(13-22-24)15(2)23-29(25,26)21-12-18(27-4)10-11-20(21)28-5/h6-13,15,23H,1-5H3. The second-order valence-corrected chi connectivity index (χ2v) is 8.47. The largest absolute Gasteiger partial charge is 0.497 e.